The Balaban J connectivity index is 2.10. The molecule has 0 aliphatic heterocycles. The third-order valence-corrected chi connectivity index (χ3v) is 3.61. The molecule has 2 aromatic carbocycles. The molecular weight excluding hydrogens is 280 g/mol. The van der Waals surface area contributed by atoms with Gasteiger partial charge in [0.2, 0.25) is 5.78 Å². The second kappa shape index (κ2) is 4.70. The van der Waals surface area contributed by atoms with Crippen LogP contribution in [0.25, 0.3) is 11.1 Å². The summed E-state index contributed by atoms with van der Waals surface area (Å²) in [6.45, 7) is 0. The molecule has 106 valence electrons. The fraction of sp³-hybridized carbons (Fsp3) is 0. The Morgan fingerprint density at radius 1 is 0.591 bits per heavy atom. The van der Waals surface area contributed by atoms with Crippen LogP contribution >= 0.6 is 0 Å². The normalized spacial score (nSPS) is 13.5. The lowest BCUT2D eigenvalue weighted by Gasteiger charge is -2.04. The number of Topliss-reactive ketones (excluding diaryl/α,β-unsaturated/α-hetero) is 1. The van der Waals surface area contributed by atoms with Gasteiger partial charge in [0.05, 0.1) is 11.1 Å². The third kappa shape index (κ3) is 1.78. The van der Waals surface area contributed by atoms with E-state index in [4.69, 9.17) is 8.83 Å². The summed E-state index contributed by atoms with van der Waals surface area (Å²) in [5.41, 5.74) is 2.54. The number of benzene rings is 2. The molecule has 1 aliphatic rings. The van der Waals surface area contributed by atoms with Crippen molar-refractivity contribution in [1.29, 1.82) is 0 Å². The van der Waals surface area contributed by atoms with E-state index < -0.39 is 5.82 Å². The highest BCUT2D eigenvalue weighted by Crippen LogP contribution is 2.23. The van der Waals surface area contributed by atoms with Crippen LogP contribution in [0.3, 0.4) is 0 Å². The molecule has 0 fully saturated rings. The minimum Gasteiger partial charge on any atom is -0.390 e. The zero-order valence-electron chi connectivity index (χ0n) is 11.4. The summed E-state index contributed by atoms with van der Waals surface area (Å²) >= 11 is 0. The molecule has 4 nitrogen and oxygen atoms in total. The first-order valence-corrected chi connectivity index (χ1v) is 6.80. The fourth-order valence-electron chi connectivity index (χ4n) is 2.67. The molecule has 22 heavy (non-hydrogen) atoms. The molecule has 1 aliphatic carbocycles. The van der Waals surface area contributed by atoms with Crippen molar-refractivity contribution >= 4 is 16.9 Å². The van der Waals surface area contributed by atoms with Crippen molar-refractivity contribution < 1.29 is 13.6 Å². The molecular formula is C18H10O4. The van der Waals surface area contributed by atoms with Crippen molar-refractivity contribution in [1.82, 2.24) is 0 Å². The SMILES string of the molecule is O=C1C(c2ccccc2)=c2oc(=O)oc2=C1c1ccccc1. The van der Waals surface area contributed by atoms with Gasteiger partial charge in [-0.05, 0) is 11.1 Å². The molecule has 0 saturated carbocycles. The molecule has 1 heterocycles. The van der Waals surface area contributed by atoms with Crippen LogP contribution in [-0.4, -0.2) is 5.78 Å². The average molecular weight is 290 g/mol. The maximum Gasteiger partial charge on any atom is 0.519 e. The van der Waals surface area contributed by atoms with Gasteiger partial charge in [0, 0.05) is 0 Å². The van der Waals surface area contributed by atoms with Gasteiger partial charge < -0.3 is 8.83 Å². The van der Waals surface area contributed by atoms with E-state index in [-0.39, 0.29) is 16.6 Å². The predicted molar refractivity (Wildman–Crippen MR) is 79.4 cm³/mol. The predicted octanol–water partition coefficient (Wildman–Crippen LogP) is 1.21. The summed E-state index contributed by atoms with van der Waals surface area (Å²) in [7, 11) is 0. The van der Waals surface area contributed by atoms with Gasteiger partial charge in [-0.3, -0.25) is 4.79 Å². The van der Waals surface area contributed by atoms with Crippen LogP contribution in [0, 0.1) is 0 Å². The molecule has 1 aromatic heterocycles. The summed E-state index contributed by atoms with van der Waals surface area (Å²) in [4.78, 5) is 24.3. The second-order valence-corrected chi connectivity index (χ2v) is 4.92. The van der Waals surface area contributed by atoms with Gasteiger partial charge in [-0.1, -0.05) is 60.7 Å². The van der Waals surface area contributed by atoms with E-state index in [0.717, 1.165) is 0 Å². The third-order valence-electron chi connectivity index (χ3n) is 3.61. The summed E-state index contributed by atoms with van der Waals surface area (Å²) in [5, 5.41) is 0. The largest absolute Gasteiger partial charge is 0.519 e. The van der Waals surface area contributed by atoms with Gasteiger partial charge in [-0.2, -0.15) is 0 Å². The smallest absolute Gasteiger partial charge is 0.390 e. The number of carbonyl (C=O) groups is 1. The quantitative estimate of drug-likeness (QED) is 0.712. The zero-order valence-corrected chi connectivity index (χ0v) is 11.4. The number of hydrogen-bond donors (Lipinski definition) is 0. The van der Waals surface area contributed by atoms with Crippen LogP contribution in [0.15, 0.2) is 74.3 Å². The van der Waals surface area contributed by atoms with Crippen LogP contribution in [0.5, 0.6) is 0 Å². The maximum absolute atomic E-state index is 12.8. The summed E-state index contributed by atoms with van der Waals surface area (Å²) in [6.07, 6.45) is 0. The number of carbonyl (C=O) groups excluding carboxylic acids is 1. The van der Waals surface area contributed by atoms with Crippen LogP contribution in [-0.2, 0) is 4.79 Å². The van der Waals surface area contributed by atoms with Crippen LogP contribution < -0.4 is 16.7 Å². The van der Waals surface area contributed by atoms with Crippen LogP contribution in [0.2, 0.25) is 0 Å². The summed E-state index contributed by atoms with van der Waals surface area (Å²) in [5.74, 6) is -1.01. The van der Waals surface area contributed by atoms with Crippen molar-refractivity contribution in [3.8, 4) is 0 Å². The highest BCUT2D eigenvalue weighted by Gasteiger charge is 2.30. The number of hydrogen-bond acceptors (Lipinski definition) is 4. The lowest BCUT2D eigenvalue weighted by Crippen LogP contribution is -2.19. The zero-order chi connectivity index (χ0) is 15.1. The first-order valence-electron chi connectivity index (χ1n) is 6.80. The van der Waals surface area contributed by atoms with Gasteiger partial charge in [0.25, 0.3) is 0 Å². The Hall–Kier alpha value is -3.14. The number of fused-ring (bicyclic) bond motifs is 1. The molecule has 0 amide bonds. The highest BCUT2D eigenvalue weighted by atomic mass is 16.6. The molecule has 4 rings (SSSR count). The topological polar surface area (TPSA) is 60.4 Å². The van der Waals surface area contributed by atoms with Crippen molar-refractivity contribution in [2.75, 3.05) is 0 Å². The standard InChI is InChI=1S/C18H10O4/c19-15-13(11-7-3-1-4-8-11)16-17(22-18(20)21-16)14(15)12-9-5-2-6-10-12/h1-10H. The average Bonchev–Trinajstić information content (AvgIpc) is 3.02. The van der Waals surface area contributed by atoms with E-state index in [9.17, 15) is 9.59 Å². The van der Waals surface area contributed by atoms with Crippen LogP contribution in [0.4, 0.5) is 0 Å². The molecule has 0 radical (unpaired) electrons. The van der Waals surface area contributed by atoms with Gasteiger partial charge in [-0.25, -0.2) is 4.79 Å². The minimum absolute atomic E-state index is 0.199. The van der Waals surface area contributed by atoms with Crippen molar-refractivity contribution in [2.45, 2.75) is 0 Å². The number of rotatable bonds is 2. The van der Waals surface area contributed by atoms with Crippen LogP contribution in [0.1, 0.15) is 11.1 Å². The van der Waals surface area contributed by atoms with E-state index in [1.165, 1.54) is 0 Å². The molecule has 4 heteroatoms. The minimum atomic E-state index is -0.806. The molecule has 3 aromatic rings. The molecule has 0 atom stereocenters. The van der Waals surface area contributed by atoms with Crippen molar-refractivity contribution in [2.24, 2.45) is 0 Å². The Kier molecular flexibility index (Phi) is 2.69. The Labute approximate surface area is 124 Å². The lowest BCUT2D eigenvalue weighted by atomic mass is 9.97. The molecule has 0 spiro atoms. The Morgan fingerprint density at radius 2 is 1.00 bits per heavy atom. The van der Waals surface area contributed by atoms with E-state index >= 15 is 0 Å². The van der Waals surface area contributed by atoms with Gasteiger partial charge in [0.15, 0.2) is 10.8 Å². The van der Waals surface area contributed by atoms with Gasteiger partial charge >= 0.3 is 5.82 Å². The Bertz CT molecular complexity index is 956. The van der Waals surface area contributed by atoms with Crippen molar-refractivity contribution in [3.63, 3.8) is 0 Å². The first-order chi connectivity index (χ1) is 10.8. The molecule has 0 unspecified atom stereocenters. The highest BCUT2D eigenvalue weighted by molar-refractivity contribution is 6.43. The van der Waals surface area contributed by atoms with E-state index in [1.807, 2.05) is 36.4 Å². The monoisotopic (exact) mass is 290 g/mol. The fourth-order valence-corrected chi connectivity index (χ4v) is 2.67. The van der Waals surface area contributed by atoms with E-state index in [0.29, 0.717) is 22.3 Å². The maximum atomic E-state index is 12.8. The van der Waals surface area contributed by atoms with Crippen molar-refractivity contribution in [3.05, 3.63) is 93.2 Å². The lowest BCUT2D eigenvalue weighted by molar-refractivity contribution is -0.108. The molecule has 0 bridgehead atoms. The molecule has 0 saturated heterocycles. The first kappa shape index (κ1) is 12.6. The summed E-state index contributed by atoms with van der Waals surface area (Å²) < 4.78 is 10.2. The molecule has 0 N–H and O–H groups in total. The summed E-state index contributed by atoms with van der Waals surface area (Å²) in [6, 6.07) is 18.2. The Morgan fingerprint density at radius 3 is 1.41 bits per heavy atom. The van der Waals surface area contributed by atoms with E-state index in [2.05, 4.69) is 0 Å². The van der Waals surface area contributed by atoms with E-state index in [1.54, 1.807) is 24.3 Å². The number of ketones is 1. The van der Waals surface area contributed by atoms with Gasteiger partial charge in [-0.15, -0.1) is 0 Å². The second-order valence-electron chi connectivity index (χ2n) is 4.92. The van der Waals surface area contributed by atoms with Gasteiger partial charge in [0.1, 0.15) is 0 Å².